The second kappa shape index (κ2) is 6.93. The van der Waals surface area contributed by atoms with Gasteiger partial charge in [-0.2, -0.15) is 11.8 Å². The predicted molar refractivity (Wildman–Crippen MR) is 81.3 cm³/mol. The minimum atomic E-state index is -0.484. The number of benzene rings is 1. The van der Waals surface area contributed by atoms with Crippen LogP contribution in [-0.2, 0) is 11.3 Å². The molecule has 0 radical (unpaired) electrons. The van der Waals surface area contributed by atoms with Crippen molar-refractivity contribution in [2.45, 2.75) is 19.5 Å². The Morgan fingerprint density at radius 1 is 1.47 bits per heavy atom. The number of rotatable bonds is 4. The second-order valence-corrected chi connectivity index (χ2v) is 6.09. The van der Waals surface area contributed by atoms with Crippen LogP contribution in [0.25, 0.3) is 0 Å². The van der Waals surface area contributed by atoms with Gasteiger partial charge in [0.05, 0.1) is 6.04 Å². The van der Waals surface area contributed by atoms with Gasteiger partial charge in [-0.25, -0.2) is 0 Å². The third-order valence-corrected chi connectivity index (χ3v) is 4.06. The molecule has 1 atom stereocenters. The molecule has 1 saturated heterocycles. The van der Waals surface area contributed by atoms with Crippen molar-refractivity contribution in [3.8, 4) is 0 Å². The van der Waals surface area contributed by atoms with E-state index in [1.807, 2.05) is 30.0 Å². The highest BCUT2D eigenvalue weighted by atomic mass is 32.2. The van der Waals surface area contributed by atoms with Crippen molar-refractivity contribution in [2.24, 2.45) is 5.73 Å². The monoisotopic (exact) mass is 279 g/mol. The largest absolute Gasteiger partial charge is 0.325 e. The van der Waals surface area contributed by atoms with E-state index in [1.54, 1.807) is 6.92 Å². The standard InChI is InChI=1S/C14H21N3OS/c1-11(15)14(18)16-13-4-2-3-12(9-13)10-17-5-7-19-8-6-17/h2-4,9,11H,5-8,10,15H2,1H3,(H,16,18)/t11-/m1/s1. The van der Waals surface area contributed by atoms with E-state index in [0.29, 0.717) is 0 Å². The molecular formula is C14H21N3OS. The number of nitrogens with two attached hydrogens (primary N) is 1. The fraction of sp³-hybridized carbons (Fsp3) is 0.500. The summed E-state index contributed by atoms with van der Waals surface area (Å²) < 4.78 is 0. The molecule has 0 bridgehead atoms. The fourth-order valence-corrected chi connectivity index (χ4v) is 3.00. The molecule has 104 valence electrons. The minimum absolute atomic E-state index is 0.147. The average Bonchev–Trinajstić information content (AvgIpc) is 2.40. The van der Waals surface area contributed by atoms with Crippen LogP contribution in [0.5, 0.6) is 0 Å². The second-order valence-electron chi connectivity index (χ2n) is 4.87. The summed E-state index contributed by atoms with van der Waals surface area (Å²) in [6.07, 6.45) is 0. The van der Waals surface area contributed by atoms with E-state index in [0.717, 1.165) is 25.3 Å². The highest BCUT2D eigenvalue weighted by Gasteiger charge is 2.11. The lowest BCUT2D eigenvalue weighted by molar-refractivity contribution is -0.117. The number of thioether (sulfide) groups is 1. The average molecular weight is 279 g/mol. The van der Waals surface area contributed by atoms with Gasteiger partial charge in [0.2, 0.25) is 5.91 Å². The minimum Gasteiger partial charge on any atom is -0.325 e. The first kappa shape index (κ1) is 14.4. The number of anilines is 1. The molecule has 0 spiro atoms. The molecule has 1 heterocycles. The fourth-order valence-electron chi connectivity index (χ4n) is 2.02. The summed E-state index contributed by atoms with van der Waals surface area (Å²) >= 11 is 2.01. The topological polar surface area (TPSA) is 58.4 Å². The van der Waals surface area contributed by atoms with E-state index in [9.17, 15) is 4.79 Å². The molecule has 0 aliphatic carbocycles. The number of nitrogens with zero attached hydrogens (tertiary/aromatic N) is 1. The predicted octanol–water partition coefficient (Wildman–Crippen LogP) is 1.52. The molecule has 0 unspecified atom stereocenters. The van der Waals surface area contributed by atoms with E-state index in [4.69, 9.17) is 5.73 Å². The highest BCUT2D eigenvalue weighted by Crippen LogP contribution is 2.16. The van der Waals surface area contributed by atoms with Crippen LogP contribution in [0, 0.1) is 0 Å². The number of hydrogen-bond donors (Lipinski definition) is 2. The normalized spacial score (nSPS) is 18.0. The molecule has 0 aromatic heterocycles. The lowest BCUT2D eigenvalue weighted by Gasteiger charge is -2.26. The van der Waals surface area contributed by atoms with Gasteiger partial charge in [-0.05, 0) is 24.6 Å². The molecule has 5 heteroatoms. The Hall–Kier alpha value is -1.04. The molecule has 1 aliphatic rings. The zero-order valence-corrected chi connectivity index (χ0v) is 12.1. The van der Waals surface area contributed by atoms with Crippen molar-refractivity contribution in [1.29, 1.82) is 0 Å². The number of carbonyl (C=O) groups is 1. The summed E-state index contributed by atoms with van der Waals surface area (Å²) in [7, 11) is 0. The van der Waals surface area contributed by atoms with Crippen molar-refractivity contribution >= 4 is 23.4 Å². The van der Waals surface area contributed by atoms with Gasteiger partial charge in [0.1, 0.15) is 0 Å². The summed E-state index contributed by atoms with van der Waals surface area (Å²) in [6.45, 7) is 4.91. The van der Waals surface area contributed by atoms with E-state index < -0.39 is 6.04 Å². The summed E-state index contributed by atoms with van der Waals surface area (Å²) in [5, 5.41) is 2.83. The number of nitrogens with one attached hydrogen (secondary N) is 1. The molecule has 4 nitrogen and oxygen atoms in total. The summed E-state index contributed by atoms with van der Waals surface area (Å²) in [4.78, 5) is 14.0. The van der Waals surface area contributed by atoms with Crippen LogP contribution in [0.4, 0.5) is 5.69 Å². The van der Waals surface area contributed by atoms with Crippen LogP contribution in [0.15, 0.2) is 24.3 Å². The van der Waals surface area contributed by atoms with Crippen molar-refractivity contribution in [3.05, 3.63) is 29.8 Å². The Bertz CT molecular complexity index is 430. The zero-order valence-electron chi connectivity index (χ0n) is 11.3. The van der Waals surface area contributed by atoms with E-state index >= 15 is 0 Å². The molecule has 1 aromatic rings. The molecule has 1 fully saturated rings. The lowest BCUT2D eigenvalue weighted by Crippen LogP contribution is -2.33. The van der Waals surface area contributed by atoms with Crippen LogP contribution >= 0.6 is 11.8 Å². The van der Waals surface area contributed by atoms with Gasteiger partial charge in [0, 0.05) is 36.8 Å². The van der Waals surface area contributed by atoms with E-state index in [1.165, 1.54) is 17.1 Å². The molecule has 1 aromatic carbocycles. The van der Waals surface area contributed by atoms with Crippen molar-refractivity contribution in [2.75, 3.05) is 29.9 Å². The maximum Gasteiger partial charge on any atom is 0.240 e. The summed E-state index contributed by atoms with van der Waals surface area (Å²) in [5.41, 5.74) is 7.60. The van der Waals surface area contributed by atoms with Crippen LogP contribution in [0.1, 0.15) is 12.5 Å². The lowest BCUT2D eigenvalue weighted by atomic mass is 10.2. The molecule has 3 N–H and O–H groups in total. The molecule has 1 aliphatic heterocycles. The molecule has 2 rings (SSSR count). The van der Waals surface area contributed by atoms with Crippen LogP contribution in [0.3, 0.4) is 0 Å². The SMILES string of the molecule is C[C@@H](N)C(=O)Nc1cccc(CN2CCSCC2)c1. The van der Waals surface area contributed by atoms with E-state index in [-0.39, 0.29) is 5.91 Å². The first-order valence-corrected chi connectivity index (χ1v) is 7.76. The van der Waals surface area contributed by atoms with Gasteiger partial charge >= 0.3 is 0 Å². The molecule has 19 heavy (non-hydrogen) atoms. The van der Waals surface area contributed by atoms with Crippen LogP contribution in [0.2, 0.25) is 0 Å². The molecular weight excluding hydrogens is 258 g/mol. The highest BCUT2D eigenvalue weighted by molar-refractivity contribution is 7.99. The maximum atomic E-state index is 11.6. The number of amides is 1. The van der Waals surface area contributed by atoms with Gasteiger partial charge in [-0.15, -0.1) is 0 Å². The first-order valence-electron chi connectivity index (χ1n) is 6.60. The molecule has 0 saturated carbocycles. The maximum absolute atomic E-state index is 11.6. The Morgan fingerprint density at radius 2 is 2.21 bits per heavy atom. The van der Waals surface area contributed by atoms with Gasteiger partial charge < -0.3 is 11.1 Å². The Balaban J connectivity index is 1.96. The third-order valence-electron chi connectivity index (χ3n) is 3.12. The van der Waals surface area contributed by atoms with Crippen molar-refractivity contribution < 1.29 is 4.79 Å². The Morgan fingerprint density at radius 3 is 2.89 bits per heavy atom. The van der Waals surface area contributed by atoms with Gasteiger partial charge in [-0.3, -0.25) is 9.69 Å². The molecule has 1 amide bonds. The van der Waals surface area contributed by atoms with Gasteiger partial charge in [-0.1, -0.05) is 12.1 Å². The summed E-state index contributed by atoms with van der Waals surface area (Å²) in [6, 6.07) is 7.52. The van der Waals surface area contributed by atoms with Gasteiger partial charge in [0.15, 0.2) is 0 Å². The van der Waals surface area contributed by atoms with Crippen LogP contribution < -0.4 is 11.1 Å². The van der Waals surface area contributed by atoms with Crippen molar-refractivity contribution in [1.82, 2.24) is 4.90 Å². The Kier molecular flexibility index (Phi) is 5.24. The van der Waals surface area contributed by atoms with E-state index in [2.05, 4.69) is 16.3 Å². The van der Waals surface area contributed by atoms with Crippen molar-refractivity contribution in [3.63, 3.8) is 0 Å². The third kappa shape index (κ3) is 4.53. The Labute approximate surface area is 118 Å². The zero-order chi connectivity index (χ0) is 13.7. The quantitative estimate of drug-likeness (QED) is 0.877. The van der Waals surface area contributed by atoms with Crippen LogP contribution in [-0.4, -0.2) is 41.4 Å². The van der Waals surface area contributed by atoms with Gasteiger partial charge in [0.25, 0.3) is 0 Å². The smallest absolute Gasteiger partial charge is 0.240 e. The summed E-state index contributed by atoms with van der Waals surface area (Å²) in [5.74, 6) is 2.27. The number of hydrogen-bond acceptors (Lipinski definition) is 4. The first-order chi connectivity index (χ1) is 9.15. The number of carbonyl (C=O) groups excluding carboxylic acids is 1.